The molecule has 1 unspecified atom stereocenters. The van der Waals surface area contributed by atoms with Crippen LogP contribution in [0.3, 0.4) is 0 Å². The molecule has 7 nitrogen and oxygen atoms in total. The molecule has 84 valence electrons. The molecule has 0 bridgehead atoms. The number of carbonyl (C=O) groups excluding carboxylic acids is 1. The van der Waals surface area contributed by atoms with E-state index in [0.29, 0.717) is 11.9 Å². The third kappa shape index (κ3) is 2.69. The van der Waals surface area contributed by atoms with Crippen LogP contribution in [0, 0.1) is 0 Å². The first-order valence-electron chi connectivity index (χ1n) is 4.35. The average molecular weight is 224 g/mol. The van der Waals surface area contributed by atoms with Crippen LogP contribution in [0.25, 0.3) is 0 Å². The van der Waals surface area contributed by atoms with Crippen LogP contribution in [-0.2, 0) is 9.50 Å². The maximum atomic E-state index is 11.3. The van der Waals surface area contributed by atoms with Gasteiger partial charge in [-0.15, -0.1) is 0 Å². The van der Waals surface area contributed by atoms with Gasteiger partial charge in [-0.1, -0.05) is 0 Å². The Hall–Kier alpha value is -2.12. The van der Waals surface area contributed by atoms with Crippen molar-refractivity contribution in [3.05, 3.63) is 12.1 Å². The van der Waals surface area contributed by atoms with E-state index >= 15 is 0 Å². The zero-order chi connectivity index (χ0) is 12.1. The van der Waals surface area contributed by atoms with Crippen LogP contribution in [0.4, 0.5) is 0 Å². The number of hydrogen-bond acceptors (Lipinski definition) is 6. The zero-order valence-corrected chi connectivity index (χ0v) is 8.40. The zero-order valence-electron chi connectivity index (χ0n) is 8.40. The SMILES string of the molecule is CC(N=CB=O)C(=O)On1c(O)ccc1O. The summed E-state index contributed by atoms with van der Waals surface area (Å²) >= 11 is 0. The Labute approximate surface area is 91.2 Å². The first kappa shape index (κ1) is 12.0. The summed E-state index contributed by atoms with van der Waals surface area (Å²) < 4.78 is 10.5. The van der Waals surface area contributed by atoms with Crippen LogP contribution in [0.2, 0.25) is 0 Å². The molecule has 0 aromatic carbocycles. The molecule has 0 amide bonds. The van der Waals surface area contributed by atoms with Crippen molar-refractivity contribution >= 4 is 19.2 Å². The van der Waals surface area contributed by atoms with Gasteiger partial charge in [0, 0.05) is 0 Å². The Kier molecular flexibility index (Phi) is 3.81. The predicted octanol–water partition coefficient (Wildman–Crippen LogP) is -0.679. The van der Waals surface area contributed by atoms with E-state index in [-0.39, 0.29) is 0 Å². The van der Waals surface area contributed by atoms with Crippen molar-refractivity contribution in [2.24, 2.45) is 4.99 Å². The second kappa shape index (κ2) is 5.10. The summed E-state index contributed by atoms with van der Waals surface area (Å²) in [5, 5.41) is 18.3. The summed E-state index contributed by atoms with van der Waals surface area (Å²) in [6.07, 6.45) is 0.918. The summed E-state index contributed by atoms with van der Waals surface area (Å²) in [5.41, 5.74) is 0. The molecule has 1 aromatic heterocycles. The molecule has 16 heavy (non-hydrogen) atoms. The van der Waals surface area contributed by atoms with Crippen molar-refractivity contribution in [3.63, 3.8) is 0 Å². The molecular weight excluding hydrogens is 215 g/mol. The second-order valence-electron chi connectivity index (χ2n) is 2.86. The van der Waals surface area contributed by atoms with Crippen molar-refractivity contribution in [1.29, 1.82) is 0 Å². The van der Waals surface area contributed by atoms with Crippen molar-refractivity contribution in [2.75, 3.05) is 0 Å². The third-order valence-corrected chi connectivity index (χ3v) is 1.69. The van der Waals surface area contributed by atoms with Crippen LogP contribution >= 0.6 is 0 Å². The number of aromatic hydroxyl groups is 2. The van der Waals surface area contributed by atoms with Gasteiger partial charge in [0.05, 0.1) is 0 Å². The maximum absolute atomic E-state index is 11.3. The van der Waals surface area contributed by atoms with E-state index in [4.69, 9.17) is 10.2 Å². The molecule has 1 rings (SSSR count). The molecule has 1 heterocycles. The predicted molar refractivity (Wildman–Crippen MR) is 53.7 cm³/mol. The molecule has 0 aliphatic rings. The number of aliphatic imine (C=N–C) groups is 1. The molecule has 0 aliphatic heterocycles. The Bertz CT molecular complexity index is 409. The van der Waals surface area contributed by atoms with E-state index in [1.54, 1.807) is 0 Å². The summed E-state index contributed by atoms with van der Waals surface area (Å²) in [7, 11) is 0.425. The Morgan fingerprint density at radius 1 is 1.56 bits per heavy atom. The Morgan fingerprint density at radius 3 is 2.62 bits per heavy atom. The second-order valence-corrected chi connectivity index (χ2v) is 2.86. The minimum absolute atomic E-state index is 0.419. The number of aromatic nitrogens is 1. The van der Waals surface area contributed by atoms with Gasteiger partial charge < -0.3 is 0 Å². The third-order valence-electron chi connectivity index (χ3n) is 1.69. The summed E-state index contributed by atoms with van der Waals surface area (Å²) in [4.78, 5) is 19.5. The molecule has 0 spiro atoms. The summed E-state index contributed by atoms with van der Waals surface area (Å²) in [5.74, 6) is -1.66. The fraction of sp³-hybridized carbons (Fsp3) is 0.250. The molecule has 0 aliphatic carbocycles. The molecule has 0 saturated heterocycles. The van der Waals surface area contributed by atoms with Gasteiger partial charge in [0.15, 0.2) is 0 Å². The van der Waals surface area contributed by atoms with E-state index in [9.17, 15) is 9.50 Å². The van der Waals surface area contributed by atoms with E-state index in [1.807, 2.05) is 0 Å². The molecule has 8 heteroatoms. The monoisotopic (exact) mass is 224 g/mol. The number of rotatable bonds is 4. The average Bonchev–Trinajstić information content (AvgIpc) is 2.57. The normalized spacial score (nSPS) is 12.3. The molecule has 1 aromatic rings. The van der Waals surface area contributed by atoms with Gasteiger partial charge in [-0.05, 0) is 0 Å². The fourth-order valence-electron chi connectivity index (χ4n) is 0.887. The standard InChI is InChI=1S/C8H9BN2O5/c1-5(10-4-9-15)8(14)16-11-6(12)2-3-7(11)13/h2-5,12-13H,1H3. The molecular formula is C8H9BN2O5. The van der Waals surface area contributed by atoms with Crippen LogP contribution in [0.15, 0.2) is 17.1 Å². The first-order chi connectivity index (χ1) is 7.56. The van der Waals surface area contributed by atoms with Crippen molar-refractivity contribution in [2.45, 2.75) is 13.0 Å². The van der Waals surface area contributed by atoms with Gasteiger partial charge in [-0.25, -0.2) is 0 Å². The number of hydrogen-bond donors (Lipinski definition) is 2. The summed E-state index contributed by atoms with van der Waals surface area (Å²) in [6.45, 7) is 1.40. The van der Waals surface area contributed by atoms with Gasteiger partial charge in [0.25, 0.3) is 0 Å². The minimum atomic E-state index is -0.911. The molecule has 1 atom stereocenters. The molecule has 0 radical (unpaired) electrons. The van der Waals surface area contributed by atoms with E-state index < -0.39 is 23.8 Å². The first-order valence-corrected chi connectivity index (χ1v) is 4.35. The van der Waals surface area contributed by atoms with Crippen LogP contribution < -0.4 is 4.84 Å². The van der Waals surface area contributed by atoms with Gasteiger partial charge in [0.1, 0.15) is 0 Å². The number of nitrogens with zero attached hydrogens (tertiary/aromatic N) is 2. The molecule has 0 fully saturated rings. The fourth-order valence-corrected chi connectivity index (χ4v) is 0.887. The van der Waals surface area contributed by atoms with Crippen LogP contribution in [0.1, 0.15) is 6.92 Å². The van der Waals surface area contributed by atoms with Crippen molar-refractivity contribution < 1.29 is 24.5 Å². The van der Waals surface area contributed by atoms with Gasteiger partial charge in [-0.2, -0.15) is 0 Å². The van der Waals surface area contributed by atoms with Gasteiger partial charge >= 0.3 is 90.4 Å². The van der Waals surface area contributed by atoms with E-state index in [0.717, 1.165) is 18.2 Å². The summed E-state index contributed by atoms with van der Waals surface area (Å²) in [6, 6.07) is 1.40. The molecule has 2 N–H and O–H groups in total. The van der Waals surface area contributed by atoms with Crippen LogP contribution in [-0.4, -0.2) is 40.2 Å². The van der Waals surface area contributed by atoms with Crippen molar-refractivity contribution in [3.8, 4) is 11.8 Å². The van der Waals surface area contributed by atoms with Crippen LogP contribution in [0.5, 0.6) is 11.8 Å². The van der Waals surface area contributed by atoms with Gasteiger partial charge in [0.2, 0.25) is 0 Å². The van der Waals surface area contributed by atoms with E-state index in [2.05, 4.69) is 9.83 Å². The number of carbonyl (C=O) groups is 1. The van der Waals surface area contributed by atoms with Gasteiger partial charge in [-0.3, -0.25) is 0 Å². The Balaban J connectivity index is 2.71. The van der Waals surface area contributed by atoms with Crippen molar-refractivity contribution in [1.82, 2.24) is 4.73 Å². The topological polar surface area (TPSA) is 101 Å². The molecule has 0 saturated carbocycles. The Morgan fingerprint density at radius 2 is 2.12 bits per heavy atom. The van der Waals surface area contributed by atoms with E-state index in [1.165, 1.54) is 6.92 Å². The quantitative estimate of drug-likeness (QED) is 0.521.